The Balaban J connectivity index is 1.78. The highest BCUT2D eigenvalue weighted by molar-refractivity contribution is 6.09. The van der Waals surface area contributed by atoms with Crippen LogP contribution in [0.5, 0.6) is 0 Å². The molecule has 2 N–H and O–H groups in total. The molecule has 4 nitrogen and oxygen atoms in total. The van der Waals surface area contributed by atoms with Gasteiger partial charge in [0.05, 0.1) is 11.3 Å². The predicted octanol–water partition coefficient (Wildman–Crippen LogP) is 4.35. The number of hydrogen-bond donors (Lipinski definition) is 2. The van der Waals surface area contributed by atoms with Crippen LogP contribution < -0.4 is 10.6 Å². The smallest absolute Gasteiger partial charge is 0.255 e. The molecule has 2 aromatic carbocycles. The molecule has 0 unspecified atom stereocenters. The maximum atomic E-state index is 12.7. The summed E-state index contributed by atoms with van der Waals surface area (Å²) in [5, 5.41) is 5.86. The second-order valence-corrected chi connectivity index (χ2v) is 6.97. The summed E-state index contributed by atoms with van der Waals surface area (Å²) in [6.07, 6.45) is 5.38. The minimum Gasteiger partial charge on any atom is -0.350 e. The van der Waals surface area contributed by atoms with Crippen molar-refractivity contribution < 1.29 is 9.59 Å². The van der Waals surface area contributed by atoms with Crippen molar-refractivity contribution in [3.8, 4) is 0 Å². The van der Waals surface area contributed by atoms with E-state index in [1.54, 1.807) is 18.2 Å². The summed E-state index contributed by atoms with van der Waals surface area (Å²) in [5.41, 5.74) is 4.28. The molecule has 0 aromatic heterocycles. The SMILES string of the molecule is CC[C@H](C)NC(=O)c1ccccc1NC(=O)c1ccc2c(c1)CCCC2. The average molecular weight is 350 g/mol. The van der Waals surface area contributed by atoms with Gasteiger partial charge in [0, 0.05) is 11.6 Å². The Morgan fingerprint density at radius 1 is 1.00 bits per heavy atom. The highest BCUT2D eigenvalue weighted by atomic mass is 16.2. The first-order valence-electron chi connectivity index (χ1n) is 9.41. The molecule has 1 atom stereocenters. The Bertz CT molecular complexity index is 814. The third-order valence-electron chi connectivity index (χ3n) is 5.02. The van der Waals surface area contributed by atoms with E-state index in [1.807, 2.05) is 32.0 Å². The first kappa shape index (κ1) is 18.2. The van der Waals surface area contributed by atoms with Crippen molar-refractivity contribution in [1.29, 1.82) is 0 Å². The molecule has 26 heavy (non-hydrogen) atoms. The van der Waals surface area contributed by atoms with E-state index < -0.39 is 0 Å². The molecule has 0 spiro atoms. The molecule has 2 aromatic rings. The van der Waals surface area contributed by atoms with Gasteiger partial charge >= 0.3 is 0 Å². The first-order valence-corrected chi connectivity index (χ1v) is 9.41. The summed E-state index contributed by atoms with van der Waals surface area (Å²) in [6.45, 7) is 3.99. The average Bonchev–Trinajstić information content (AvgIpc) is 2.67. The zero-order valence-corrected chi connectivity index (χ0v) is 15.5. The molecule has 2 amide bonds. The molecule has 0 aliphatic heterocycles. The summed E-state index contributed by atoms with van der Waals surface area (Å²) in [7, 11) is 0. The number of fused-ring (bicyclic) bond motifs is 1. The van der Waals surface area contributed by atoms with Crippen LogP contribution in [0.15, 0.2) is 42.5 Å². The van der Waals surface area contributed by atoms with Crippen LogP contribution in [0.2, 0.25) is 0 Å². The van der Waals surface area contributed by atoms with Crippen LogP contribution in [0.3, 0.4) is 0 Å². The number of amides is 2. The normalized spacial score (nSPS) is 14.2. The van der Waals surface area contributed by atoms with Crippen LogP contribution in [0.25, 0.3) is 0 Å². The Hall–Kier alpha value is -2.62. The molecule has 0 heterocycles. The number of benzene rings is 2. The molecular weight excluding hydrogens is 324 g/mol. The summed E-state index contributed by atoms with van der Waals surface area (Å²) in [4.78, 5) is 25.2. The van der Waals surface area contributed by atoms with E-state index in [-0.39, 0.29) is 17.9 Å². The molecule has 0 bridgehead atoms. The number of anilines is 1. The van der Waals surface area contributed by atoms with Crippen LogP contribution in [-0.4, -0.2) is 17.9 Å². The second kappa shape index (κ2) is 8.17. The van der Waals surface area contributed by atoms with Gasteiger partial charge in [-0.15, -0.1) is 0 Å². The van der Waals surface area contributed by atoms with Gasteiger partial charge in [-0.2, -0.15) is 0 Å². The van der Waals surface area contributed by atoms with Gasteiger partial charge in [0.15, 0.2) is 0 Å². The maximum absolute atomic E-state index is 12.7. The van der Waals surface area contributed by atoms with Crippen LogP contribution in [0, 0.1) is 0 Å². The number of nitrogens with one attached hydrogen (secondary N) is 2. The standard InChI is InChI=1S/C22H26N2O2/c1-3-15(2)23-22(26)19-10-6-7-11-20(19)24-21(25)18-13-12-16-8-4-5-9-17(16)14-18/h6-7,10-15H,3-5,8-9H2,1-2H3,(H,23,26)(H,24,25)/t15-/m0/s1. The van der Waals surface area contributed by atoms with Gasteiger partial charge in [-0.1, -0.05) is 25.1 Å². The molecule has 0 saturated heterocycles. The Morgan fingerprint density at radius 3 is 2.50 bits per heavy atom. The fraction of sp³-hybridized carbons (Fsp3) is 0.364. The van der Waals surface area contributed by atoms with Crippen LogP contribution in [0.1, 0.15) is 65.0 Å². The molecule has 1 aliphatic carbocycles. The van der Waals surface area contributed by atoms with Gasteiger partial charge in [-0.3, -0.25) is 9.59 Å². The van der Waals surface area contributed by atoms with Crippen molar-refractivity contribution in [1.82, 2.24) is 5.32 Å². The van der Waals surface area contributed by atoms with Gasteiger partial charge in [-0.25, -0.2) is 0 Å². The molecular formula is C22H26N2O2. The lowest BCUT2D eigenvalue weighted by Crippen LogP contribution is -2.32. The molecule has 1 aliphatic rings. The lowest BCUT2D eigenvalue weighted by Gasteiger charge is -2.17. The number of rotatable bonds is 5. The molecule has 136 valence electrons. The number of hydrogen-bond acceptors (Lipinski definition) is 2. The Labute approximate surface area is 155 Å². The fourth-order valence-electron chi connectivity index (χ4n) is 3.26. The minimum atomic E-state index is -0.179. The van der Waals surface area contributed by atoms with Crippen molar-refractivity contribution >= 4 is 17.5 Å². The largest absolute Gasteiger partial charge is 0.350 e. The summed E-state index contributed by atoms with van der Waals surface area (Å²) in [6, 6.07) is 13.1. The zero-order valence-electron chi connectivity index (χ0n) is 15.5. The first-order chi connectivity index (χ1) is 12.6. The predicted molar refractivity (Wildman–Crippen MR) is 105 cm³/mol. The van der Waals surface area contributed by atoms with E-state index >= 15 is 0 Å². The quantitative estimate of drug-likeness (QED) is 0.842. The lowest BCUT2D eigenvalue weighted by atomic mass is 9.90. The van der Waals surface area contributed by atoms with E-state index in [1.165, 1.54) is 24.0 Å². The molecule has 0 fully saturated rings. The Kier molecular flexibility index (Phi) is 5.71. The minimum absolute atomic E-state index is 0.0897. The maximum Gasteiger partial charge on any atom is 0.255 e. The molecule has 4 heteroatoms. The van der Waals surface area contributed by atoms with Gasteiger partial charge in [0.2, 0.25) is 0 Å². The fourth-order valence-corrected chi connectivity index (χ4v) is 3.26. The van der Waals surface area contributed by atoms with E-state index in [2.05, 4.69) is 16.7 Å². The monoisotopic (exact) mass is 350 g/mol. The third kappa shape index (κ3) is 4.13. The second-order valence-electron chi connectivity index (χ2n) is 6.97. The van der Waals surface area contributed by atoms with Gasteiger partial charge < -0.3 is 10.6 Å². The highest BCUT2D eigenvalue weighted by Gasteiger charge is 2.17. The van der Waals surface area contributed by atoms with Crippen LogP contribution >= 0.6 is 0 Å². The summed E-state index contributed by atoms with van der Waals surface area (Å²) < 4.78 is 0. The van der Waals surface area contributed by atoms with Crippen molar-refractivity contribution in [2.45, 2.75) is 52.0 Å². The zero-order chi connectivity index (χ0) is 18.5. The van der Waals surface area contributed by atoms with E-state index in [0.29, 0.717) is 16.8 Å². The third-order valence-corrected chi connectivity index (χ3v) is 5.02. The number of carbonyl (C=O) groups excluding carboxylic acids is 2. The van der Waals surface area contributed by atoms with E-state index in [0.717, 1.165) is 19.3 Å². The van der Waals surface area contributed by atoms with Gasteiger partial charge in [-0.05, 0) is 74.4 Å². The van der Waals surface area contributed by atoms with Crippen LogP contribution in [0.4, 0.5) is 5.69 Å². The van der Waals surface area contributed by atoms with E-state index in [9.17, 15) is 9.59 Å². The summed E-state index contributed by atoms with van der Waals surface area (Å²) in [5.74, 6) is -0.345. The van der Waals surface area contributed by atoms with Crippen molar-refractivity contribution in [2.75, 3.05) is 5.32 Å². The van der Waals surface area contributed by atoms with Gasteiger partial charge in [0.1, 0.15) is 0 Å². The number of aryl methyl sites for hydroxylation is 2. The molecule has 0 radical (unpaired) electrons. The van der Waals surface area contributed by atoms with E-state index in [4.69, 9.17) is 0 Å². The van der Waals surface area contributed by atoms with Crippen molar-refractivity contribution in [2.24, 2.45) is 0 Å². The lowest BCUT2D eigenvalue weighted by molar-refractivity contribution is 0.0940. The Morgan fingerprint density at radius 2 is 1.73 bits per heavy atom. The topological polar surface area (TPSA) is 58.2 Å². The highest BCUT2D eigenvalue weighted by Crippen LogP contribution is 2.23. The summed E-state index contributed by atoms with van der Waals surface area (Å²) >= 11 is 0. The van der Waals surface area contributed by atoms with Crippen LogP contribution in [-0.2, 0) is 12.8 Å². The molecule has 0 saturated carbocycles. The van der Waals surface area contributed by atoms with Gasteiger partial charge in [0.25, 0.3) is 11.8 Å². The van der Waals surface area contributed by atoms with Crippen molar-refractivity contribution in [3.05, 3.63) is 64.7 Å². The van der Waals surface area contributed by atoms with Crippen molar-refractivity contribution in [3.63, 3.8) is 0 Å². The number of para-hydroxylation sites is 1. The number of carbonyl (C=O) groups is 2. The molecule has 3 rings (SSSR count).